The van der Waals surface area contributed by atoms with Crippen molar-refractivity contribution in [3.8, 4) is 17.2 Å². The van der Waals surface area contributed by atoms with Crippen LogP contribution in [0.4, 0.5) is 4.79 Å². The second-order valence-corrected chi connectivity index (χ2v) is 9.68. The molecule has 0 aromatic heterocycles. The Hall–Kier alpha value is -3.47. The molecule has 2 amide bonds. The number of halogens is 1. The maximum atomic E-state index is 13.1. The third-order valence-electron chi connectivity index (χ3n) is 6.88. The first-order valence-corrected chi connectivity index (χ1v) is 13.2. The van der Waals surface area contributed by atoms with E-state index in [4.69, 9.17) is 30.5 Å². The molecule has 0 bridgehead atoms. The Labute approximate surface area is 233 Å². The van der Waals surface area contributed by atoms with Crippen LogP contribution in [-0.2, 0) is 16.1 Å². The number of methoxy groups -OCH3 is 3. The molecule has 2 aliphatic rings. The van der Waals surface area contributed by atoms with Gasteiger partial charge in [-0.1, -0.05) is 29.8 Å². The van der Waals surface area contributed by atoms with Crippen molar-refractivity contribution in [2.24, 2.45) is 0 Å². The normalized spacial score (nSPS) is 18.3. The fourth-order valence-electron chi connectivity index (χ4n) is 4.96. The van der Waals surface area contributed by atoms with Crippen molar-refractivity contribution in [2.45, 2.75) is 19.5 Å². The van der Waals surface area contributed by atoms with Gasteiger partial charge >= 0.3 is 12.0 Å². The van der Waals surface area contributed by atoms with Crippen LogP contribution in [0.2, 0.25) is 5.02 Å². The number of amides is 2. The van der Waals surface area contributed by atoms with Crippen LogP contribution in [0.15, 0.2) is 47.7 Å². The van der Waals surface area contributed by atoms with Gasteiger partial charge in [0.2, 0.25) is 5.75 Å². The lowest BCUT2D eigenvalue weighted by Crippen LogP contribution is -2.51. The zero-order valence-electron chi connectivity index (χ0n) is 22.7. The highest BCUT2D eigenvalue weighted by Gasteiger charge is 2.34. The van der Waals surface area contributed by atoms with Gasteiger partial charge in [0.05, 0.1) is 39.6 Å². The van der Waals surface area contributed by atoms with E-state index in [2.05, 4.69) is 20.4 Å². The number of carbonyl (C=O) groups is 2. The van der Waals surface area contributed by atoms with E-state index >= 15 is 0 Å². The van der Waals surface area contributed by atoms with Gasteiger partial charge in [0.1, 0.15) is 0 Å². The molecule has 0 radical (unpaired) electrons. The molecule has 2 aliphatic heterocycles. The second-order valence-electron chi connectivity index (χ2n) is 9.24. The topological polar surface area (TPSA) is 102 Å². The van der Waals surface area contributed by atoms with Gasteiger partial charge in [0, 0.05) is 55.6 Å². The summed E-state index contributed by atoms with van der Waals surface area (Å²) in [6.45, 7) is 6.20. The average Bonchev–Trinajstić information content (AvgIpc) is 2.93. The summed E-state index contributed by atoms with van der Waals surface area (Å²) in [4.78, 5) is 30.2. The Morgan fingerprint density at radius 3 is 2.15 bits per heavy atom. The van der Waals surface area contributed by atoms with Gasteiger partial charge < -0.3 is 29.6 Å². The minimum Gasteiger partial charge on any atom is -0.493 e. The second kappa shape index (κ2) is 13.1. The number of carbonyl (C=O) groups excluding carboxylic acids is 2. The van der Waals surface area contributed by atoms with Gasteiger partial charge in [-0.2, -0.15) is 0 Å². The van der Waals surface area contributed by atoms with E-state index in [0.717, 1.165) is 37.3 Å². The lowest BCUT2D eigenvalue weighted by molar-refractivity contribution is -0.139. The van der Waals surface area contributed by atoms with Crippen LogP contribution in [0, 0.1) is 0 Å². The largest absolute Gasteiger partial charge is 0.493 e. The van der Waals surface area contributed by atoms with Crippen LogP contribution in [0.3, 0.4) is 0 Å². The third kappa shape index (κ3) is 6.58. The number of hydrogen-bond donors (Lipinski definition) is 2. The Kier molecular flexibility index (Phi) is 9.55. The van der Waals surface area contributed by atoms with Crippen molar-refractivity contribution in [3.05, 3.63) is 63.8 Å². The van der Waals surface area contributed by atoms with Gasteiger partial charge in [0.15, 0.2) is 11.5 Å². The van der Waals surface area contributed by atoms with Crippen LogP contribution in [-0.4, -0.2) is 82.5 Å². The van der Waals surface area contributed by atoms with Gasteiger partial charge in [-0.15, -0.1) is 0 Å². The standard InChI is InChI=1S/C28H35ClN4O6/c1-5-39-27(34)23-21(30-28(35)31-24(23)18-6-9-20(29)10-7-18)17-33-14-12-32(13-15-33)16-19-8-11-22(36-2)26(38-4)25(19)37-3/h6-11,24H,5,12-17H2,1-4H3,(H2,30,31,35)/t24-/m1/s1. The number of esters is 1. The van der Waals surface area contributed by atoms with Crippen molar-refractivity contribution in [2.75, 3.05) is 60.7 Å². The first-order valence-electron chi connectivity index (χ1n) is 12.8. The number of nitrogens with one attached hydrogen (secondary N) is 2. The zero-order valence-corrected chi connectivity index (χ0v) is 23.5. The van der Waals surface area contributed by atoms with Crippen LogP contribution in [0.1, 0.15) is 24.1 Å². The predicted octanol–water partition coefficient (Wildman–Crippen LogP) is 3.35. The highest BCUT2D eigenvalue weighted by atomic mass is 35.5. The molecule has 10 nitrogen and oxygen atoms in total. The summed E-state index contributed by atoms with van der Waals surface area (Å²) < 4.78 is 21.9. The van der Waals surface area contributed by atoms with Crippen LogP contribution in [0.5, 0.6) is 17.2 Å². The molecule has 1 atom stereocenters. The SMILES string of the molecule is CCOC(=O)C1=C(CN2CCN(Cc3ccc(OC)c(OC)c3OC)CC2)NC(=O)N[C@@H]1c1ccc(Cl)cc1. The number of ether oxygens (including phenoxy) is 4. The van der Waals surface area contributed by atoms with Crippen LogP contribution < -0.4 is 24.8 Å². The summed E-state index contributed by atoms with van der Waals surface area (Å²) in [5, 5.41) is 6.29. The van der Waals surface area contributed by atoms with E-state index in [1.807, 2.05) is 12.1 Å². The van der Waals surface area contributed by atoms with Gasteiger partial charge in [0.25, 0.3) is 0 Å². The van der Waals surface area contributed by atoms with E-state index in [1.165, 1.54) is 0 Å². The van der Waals surface area contributed by atoms with E-state index in [1.54, 1.807) is 52.5 Å². The third-order valence-corrected chi connectivity index (χ3v) is 7.13. The molecule has 39 heavy (non-hydrogen) atoms. The number of nitrogens with zero attached hydrogens (tertiary/aromatic N) is 2. The van der Waals surface area contributed by atoms with E-state index in [0.29, 0.717) is 46.6 Å². The number of urea groups is 1. The highest BCUT2D eigenvalue weighted by molar-refractivity contribution is 6.30. The summed E-state index contributed by atoms with van der Waals surface area (Å²) in [7, 11) is 4.82. The molecular weight excluding hydrogens is 524 g/mol. The molecule has 2 N–H and O–H groups in total. The molecule has 1 saturated heterocycles. The van der Waals surface area contributed by atoms with Crippen molar-refractivity contribution in [1.82, 2.24) is 20.4 Å². The molecule has 0 spiro atoms. The molecule has 2 aromatic rings. The molecular formula is C28H35ClN4O6. The molecule has 0 aliphatic carbocycles. The van der Waals surface area contributed by atoms with Gasteiger partial charge in [-0.3, -0.25) is 9.80 Å². The van der Waals surface area contributed by atoms with Gasteiger partial charge in [-0.25, -0.2) is 9.59 Å². The van der Waals surface area contributed by atoms with Crippen LogP contribution in [0.25, 0.3) is 0 Å². The van der Waals surface area contributed by atoms with E-state index in [9.17, 15) is 9.59 Å². The highest BCUT2D eigenvalue weighted by Crippen LogP contribution is 2.40. The first kappa shape index (κ1) is 28.5. The summed E-state index contributed by atoms with van der Waals surface area (Å²) in [5.74, 6) is 1.40. The lowest BCUT2D eigenvalue weighted by atomic mass is 9.95. The fourth-order valence-corrected chi connectivity index (χ4v) is 5.08. The lowest BCUT2D eigenvalue weighted by Gasteiger charge is -2.37. The smallest absolute Gasteiger partial charge is 0.338 e. The Bertz CT molecular complexity index is 1210. The summed E-state index contributed by atoms with van der Waals surface area (Å²) in [5.41, 5.74) is 2.71. The summed E-state index contributed by atoms with van der Waals surface area (Å²) >= 11 is 6.06. The molecule has 2 heterocycles. The molecule has 0 saturated carbocycles. The molecule has 0 unspecified atom stereocenters. The van der Waals surface area contributed by atoms with Crippen molar-refractivity contribution in [3.63, 3.8) is 0 Å². The van der Waals surface area contributed by atoms with E-state index in [-0.39, 0.29) is 12.6 Å². The monoisotopic (exact) mass is 558 g/mol. The molecule has 1 fully saturated rings. The number of benzene rings is 2. The van der Waals surface area contributed by atoms with E-state index < -0.39 is 12.0 Å². The zero-order chi connectivity index (χ0) is 27.9. The maximum Gasteiger partial charge on any atom is 0.338 e. The Morgan fingerprint density at radius 1 is 0.923 bits per heavy atom. The fraction of sp³-hybridized carbons (Fsp3) is 0.429. The summed E-state index contributed by atoms with van der Waals surface area (Å²) in [6, 6.07) is 9.95. The quantitative estimate of drug-likeness (QED) is 0.428. The maximum absolute atomic E-state index is 13.1. The van der Waals surface area contributed by atoms with Crippen molar-refractivity contribution in [1.29, 1.82) is 0 Å². The predicted molar refractivity (Wildman–Crippen MR) is 147 cm³/mol. The van der Waals surface area contributed by atoms with Crippen LogP contribution >= 0.6 is 11.6 Å². The minimum atomic E-state index is -0.635. The number of piperazine rings is 1. The first-order chi connectivity index (χ1) is 18.9. The summed E-state index contributed by atoms with van der Waals surface area (Å²) in [6.07, 6.45) is 0. The molecule has 2 aromatic carbocycles. The number of rotatable bonds is 10. The molecule has 210 valence electrons. The average molecular weight is 559 g/mol. The van der Waals surface area contributed by atoms with Crippen molar-refractivity contribution >= 4 is 23.6 Å². The molecule has 4 rings (SSSR count). The van der Waals surface area contributed by atoms with Gasteiger partial charge in [-0.05, 0) is 30.7 Å². The Morgan fingerprint density at radius 2 is 1.56 bits per heavy atom. The molecule has 11 heteroatoms. The number of hydrogen-bond acceptors (Lipinski definition) is 8. The van der Waals surface area contributed by atoms with Crippen molar-refractivity contribution < 1.29 is 28.5 Å². The Balaban J connectivity index is 1.49. The minimum absolute atomic E-state index is 0.231.